The second kappa shape index (κ2) is 8.61. The van der Waals surface area contributed by atoms with Gasteiger partial charge in [-0.25, -0.2) is 0 Å². The van der Waals surface area contributed by atoms with Gasteiger partial charge >= 0.3 is 0 Å². The Morgan fingerprint density at radius 1 is 1.04 bits per heavy atom. The molecule has 0 bridgehead atoms. The minimum Gasteiger partial charge on any atom is -0.368 e. The van der Waals surface area contributed by atoms with Crippen molar-refractivity contribution in [3.05, 3.63) is 30.3 Å². The molecule has 3 aliphatic rings. The van der Waals surface area contributed by atoms with Gasteiger partial charge in [0.25, 0.3) is 0 Å². The van der Waals surface area contributed by atoms with Crippen LogP contribution in [0, 0.1) is 11.3 Å². The molecule has 6 heteroatoms. The molecule has 3 fully saturated rings. The van der Waals surface area contributed by atoms with Gasteiger partial charge in [0.15, 0.2) is 0 Å². The number of fused-ring (bicyclic) bond motifs is 1. The molecule has 1 aromatic carbocycles. The summed E-state index contributed by atoms with van der Waals surface area (Å²) in [6.07, 6.45) is 4.82. The van der Waals surface area contributed by atoms with Crippen molar-refractivity contribution in [2.24, 2.45) is 11.3 Å². The van der Waals surface area contributed by atoms with E-state index in [4.69, 9.17) is 0 Å². The first-order valence-electron chi connectivity index (χ1n) is 9.10. The molecule has 0 radical (unpaired) electrons. The van der Waals surface area contributed by atoms with E-state index < -0.39 is 0 Å². The van der Waals surface area contributed by atoms with Gasteiger partial charge in [-0.2, -0.15) is 0 Å². The number of benzene rings is 1. The van der Waals surface area contributed by atoms with Gasteiger partial charge in [0.05, 0.1) is 5.41 Å². The van der Waals surface area contributed by atoms with Crippen LogP contribution in [0.25, 0.3) is 0 Å². The Hall–Kier alpha value is -0.970. The zero-order chi connectivity index (χ0) is 15.7. The zero-order valence-corrected chi connectivity index (χ0v) is 16.3. The van der Waals surface area contributed by atoms with E-state index in [9.17, 15) is 4.79 Å². The van der Waals surface area contributed by atoms with Crippen LogP contribution >= 0.6 is 24.8 Å². The molecule has 2 heterocycles. The quantitative estimate of drug-likeness (QED) is 0.849. The van der Waals surface area contributed by atoms with Gasteiger partial charge in [-0.3, -0.25) is 4.79 Å². The van der Waals surface area contributed by atoms with Gasteiger partial charge in [-0.15, -0.1) is 24.8 Å². The molecule has 1 aliphatic carbocycles. The molecule has 1 amide bonds. The van der Waals surface area contributed by atoms with Crippen molar-refractivity contribution in [2.75, 3.05) is 44.2 Å². The topological polar surface area (TPSA) is 35.6 Å². The van der Waals surface area contributed by atoms with Crippen LogP contribution in [0.2, 0.25) is 0 Å². The second-order valence-corrected chi connectivity index (χ2v) is 7.34. The number of hydrogen-bond acceptors (Lipinski definition) is 3. The molecule has 1 saturated carbocycles. The number of carbonyl (C=O) groups is 1. The average molecular weight is 386 g/mol. The van der Waals surface area contributed by atoms with Crippen molar-refractivity contribution in [1.29, 1.82) is 0 Å². The standard InChI is InChI=1S/C19H27N3O.2ClH/c23-18(19-9-5-4-6-16(19)14-20-15-19)22-12-10-21(11-13-22)17-7-2-1-3-8-17;;/h1-3,7-8,16,20H,4-6,9-15H2;2*1H/t16-,19+;;/m0../s1. The number of anilines is 1. The van der Waals surface area contributed by atoms with Crippen molar-refractivity contribution in [3.63, 3.8) is 0 Å². The summed E-state index contributed by atoms with van der Waals surface area (Å²) in [6, 6.07) is 10.5. The highest BCUT2D eigenvalue weighted by atomic mass is 35.5. The Kier molecular flexibility index (Phi) is 7.01. The molecule has 1 aromatic rings. The minimum atomic E-state index is -0.0901. The molecule has 4 nitrogen and oxygen atoms in total. The molecule has 0 spiro atoms. The average Bonchev–Trinajstić information content (AvgIpc) is 3.07. The van der Waals surface area contributed by atoms with Crippen molar-refractivity contribution >= 4 is 36.4 Å². The number of nitrogens with zero attached hydrogens (tertiary/aromatic N) is 2. The predicted molar refractivity (Wildman–Crippen MR) is 107 cm³/mol. The largest absolute Gasteiger partial charge is 0.368 e. The summed E-state index contributed by atoms with van der Waals surface area (Å²) in [5.41, 5.74) is 1.18. The Bertz CT molecular complexity index is 563. The zero-order valence-electron chi connectivity index (χ0n) is 14.7. The number of nitrogens with one attached hydrogen (secondary N) is 1. The second-order valence-electron chi connectivity index (χ2n) is 7.34. The first kappa shape index (κ1) is 20.3. The number of hydrogen-bond donors (Lipinski definition) is 1. The lowest BCUT2D eigenvalue weighted by Crippen LogP contribution is -2.56. The molecule has 4 rings (SSSR count). The lowest BCUT2D eigenvalue weighted by Gasteiger charge is -2.44. The summed E-state index contributed by atoms with van der Waals surface area (Å²) in [5.74, 6) is 0.996. The molecule has 2 aliphatic heterocycles. The van der Waals surface area contributed by atoms with E-state index in [0.717, 1.165) is 45.7 Å². The number of rotatable bonds is 2. The predicted octanol–water partition coefficient (Wildman–Crippen LogP) is 2.96. The van der Waals surface area contributed by atoms with Crippen LogP contribution in [0.5, 0.6) is 0 Å². The van der Waals surface area contributed by atoms with Crippen molar-refractivity contribution in [3.8, 4) is 0 Å². The number of carbonyl (C=O) groups excluding carboxylic acids is 1. The van der Waals surface area contributed by atoms with Gasteiger partial charge in [0.2, 0.25) is 5.91 Å². The molecule has 0 unspecified atom stereocenters. The monoisotopic (exact) mass is 385 g/mol. The van der Waals surface area contributed by atoms with Crippen LogP contribution in [0.3, 0.4) is 0 Å². The minimum absolute atomic E-state index is 0. The molecule has 0 aromatic heterocycles. The van der Waals surface area contributed by atoms with Crippen molar-refractivity contribution in [2.45, 2.75) is 25.7 Å². The van der Waals surface area contributed by atoms with Gasteiger partial charge in [-0.1, -0.05) is 31.0 Å². The molecular weight excluding hydrogens is 357 g/mol. The summed E-state index contributed by atoms with van der Waals surface area (Å²) in [4.78, 5) is 17.8. The Morgan fingerprint density at radius 3 is 2.48 bits per heavy atom. The normalized spacial score (nSPS) is 28.6. The SMILES string of the molecule is Cl.Cl.O=C(N1CCN(c2ccccc2)CC1)[C@@]12CCCC[C@H]1CNC2. The summed E-state index contributed by atoms with van der Waals surface area (Å²) >= 11 is 0. The highest BCUT2D eigenvalue weighted by molar-refractivity contribution is 5.85. The van der Waals surface area contributed by atoms with Gasteiger partial charge < -0.3 is 15.1 Å². The summed E-state index contributed by atoms with van der Waals surface area (Å²) in [5, 5.41) is 3.50. The van der Waals surface area contributed by atoms with Crippen LogP contribution in [-0.4, -0.2) is 50.1 Å². The molecule has 1 N–H and O–H groups in total. The molecule has 140 valence electrons. The number of para-hydroxylation sites is 1. The molecule has 2 saturated heterocycles. The van der Waals surface area contributed by atoms with Gasteiger partial charge in [0.1, 0.15) is 0 Å². The molecule has 2 atom stereocenters. The summed E-state index contributed by atoms with van der Waals surface area (Å²) in [6.45, 7) is 5.56. The van der Waals surface area contributed by atoms with E-state index in [-0.39, 0.29) is 30.2 Å². The van der Waals surface area contributed by atoms with Crippen LogP contribution in [0.4, 0.5) is 5.69 Å². The van der Waals surface area contributed by atoms with E-state index in [0.29, 0.717) is 11.8 Å². The fourth-order valence-electron chi connectivity index (χ4n) is 4.79. The first-order chi connectivity index (χ1) is 11.3. The molecule has 25 heavy (non-hydrogen) atoms. The van der Waals surface area contributed by atoms with Crippen molar-refractivity contribution < 1.29 is 4.79 Å². The van der Waals surface area contributed by atoms with Crippen LogP contribution in [0.15, 0.2) is 30.3 Å². The lowest BCUT2D eigenvalue weighted by atomic mass is 9.67. The van der Waals surface area contributed by atoms with E-state index >= 15 is 0 Å². The maximum Gasteiger partial charge on any atom is 0.230 e. The van der Waals surface area contributed by atoms with E-state index in [1.54, 1.807) is 0 Å². The number of amides is 1. The van der Waals surface area contributed by atoms with E-state index in [1.165, 1.54) is 24.9 Å². The third-order valence-electron chi connectivity index (χ3n) is 6.15. The van der Waals surface area contributed by atoms with Crippen molar-refractivity contribution in [1.82, 2.24) is 10.2 Å². The Labute approximate surface area is 163 Å². The Balaban J connectivity index is 0.00000113. The van der Waals surface area contributed by atoms with Crippen LogP contribution in [0.1, 0.15) is 25.7 Å². The fourth-order valence-corrected chi connectivity index (χ4v) is 4.79. The summed E-state index contributed by atoms with van der Waals surface area (Å²) < 4.78 is 0. The third kappa shape index (κ3) is 3.76. The Morgan fingerprint density at radius 2 is 1.76 bits per heavy atom. The highest BCUT2D eigenvalue weighted by Gasteiger charge is 2.51. The summed E-state index contributed by atoms with van der Waals surface area (Å²) in [7, 11) is 0. The van der Waals surface area contributed by atoms with Gasteiger partial charge in [-0.05, 0) is 37.4 Å². The van der Waals surface area contributed by atoms with E-state index in [1.807, 2.05) is 0 Å². The fraction of sp³-hybridized carbons (Fsp3) is 0.632. The maximum atomic E-state index is 13.3. The smallest absolute Gasteiger partial charge is 0.230 e. The number of halogens is 2. The highest BCUT2D eigenvalue weighted by Crippen LogP contribution is 2.45. The maximum absolute atomic E-state index is 13.3. The van der Waals surface area contributed by atoms with Crippen LogP contribution in [-0.2, 0) is 4.79 Å². The van der Waals surface area contributed by atoms with Crippen LogP contribution < -0.4 is 10.2 Å². The first-order valence-corrected chi connectivity index (χ1v) is 9.10. The van der Waals surface area contributed by atoms with E-state index in [2.05, 4.69) is 45.4 Å². The van der Waals surface area contributed by atoms with Gasteiger partial charge in [0, 0.05) is 38.4 Å². The third-order valence-corrected chi connectivity index (χ3v) is 6.15. The molecular formula is C19H29Cl2N3O. The lowest BCUT2D eigenvalue weighted by molar-refractivity contribution is -0.145. The number of piperazine rings is 1.